The summed E-state index contributed by atoms with van der Waals surface area (Å²) in [5, 5.41) is 15.4. The van der Waals surface area contributed by atoms with Gasteiger partial charge in [0.1, 0.15) is 11.9 Å². The average Bonchev–Trinajstić information content (AvgIpc) is 2.62. The Hall–Kier alpha value is -3.46. The van der Waals surface area contributed by atoms with Crippen LogP contribution in [0.4, 0.5) is 17.5 Å². The number of anilines is 3. The van der Waals surface area contributed by atoms with Crippen molar-refractivity contribution in [3.05, 3.63) is 72.2 Å². The first-order valence-electron chi connectivity index (χ1n) is 7.08. The van der Waals surface area contributed by atoms with Gasteiger partial charge in [0.2, 0.25) is 5.95 Å². The molecule has 23 heavy (non-hydrogen) atoms. The third-order valence-electron chi connectivity index (χ3n) is 3.12. The van der Waals surface area contributed by atoms with Crippen molar-refractivity contribution in [3.8, 4) is 6.07 Å². The summed E-state index contributed by atoms with van der Waals surface area (Å²) in [6, 6.07) is 16.9. The fourth-order valence-corrected chi connectivity index (χ4v) is 2.01. The van der Waals surface area contributed by atoms with Crippen LogP contribution in [0.5, 0.6) is 0 Å². The van der Waals surface area contributed by atoms with Crippen molar-refractivity contribution in [3.63, 3.8) is 0 Å². The lowest BCUT2D eigenvalue weighted by molar-refractivity contribution is 1.00. The standard InChI is InChI=1S/C17H14N6/c18-11-13-5-1-2-7-15(13)22-16-8-10-20-17(23-16)21-12-14-6-3-4-9-19-14/h1-10H,12H2,(H2,20,21,22,23). The second-order valence-corrected chi connectivity index (χ2v) is 4.72. The molecule has 0 amide bonds. The van der Waals surface area contributed by atoms with E-state index < -0.39 is 0 Å². The van der Waals surface area contributed by atoms with Crippen molar-refractivity contribution >= 4 is 17.5 Å². The molecule has 2 N–H and O–H groups in total. The minimum absolute atomic E-state index is 0.495. The van der Waals surface area contributed by atoms with Crippen LogP contribution in [0.2, 0.25) is 0 Å². The zero-order valence-corrected chi connectivity index (χ0v) is 12.3. The van der Waals surface area contributed by atoms with Gasteiger partial charge in [-0.15, -0.1) is 0 Å². The van der Waals surface area contributed by atoms with Gasteiger partial charge in [0.05, 0.1) is 23.5 Å². The molecular formula is C17H14N6. The Morgan fingerprint density at radius 3 is 2.65 bits per heavy atom. The summed E-state index contributed by atoms with van der Waals surface area (Å²) in [4.78, 5) is 12.8. The third-order valence-corrected chi connectivity index (χ3v) is 3.12. The van der Waals surface area contributed by atoms with Gasteiger partial charge in [-0.25, -0.2) is 4.98 Å². The molecule has 0 saturated carbocycles. The largest absolute Gasteiger partial charge is 0.349 e. The van der Waals surface area contributed by atoms with Crippen molar-refractivity contribution in [2.75, 3.05) is 10.6 Å². The second-order valence-electron chi connectivity index (χ2n) is 4.72. The van der Waals surface area contributed by atoms with E-state index >= 15 is 0 Å². The highest BCUT2D eigenvalue weighted by atomic mass is 15.1. The van der Waals surface area contributed by atoms with E-state index in [2.05, 4.69) is 31.7 Å². The summed E-state index contributed by atoms with van der Waals surface area (Å²) in [6.07, 6.45) is 3.40. The van der Waals surface area contributed by atoms with Crippen LogP contribution >= 0.6 is 0 Å². The highest BCUT2D eigenvalue weighted by Gasteiger charge is 2.04. The van der Waals surface area contributed by atoms with Gasteiger partial charge in [0.15, 0.2) is 0 Å². The number of nitrogens with zero attached hydrogens (tertiary/aromatic N) is 4. The van der Waals surface area contributed by atoms with E-state index in [1.165, 1.54) is 0 Å². The van der Waals surface area contributed by atoms with Gasteiger partial charge < -0.3 is 10.6 Å². The predicted octanol–water partition coefficient (Wildman–Crippen LogP) is 3.10. The SMILES string of the molecule is N#Cc1ccccc1Nc1ccnc(NCc2ccccn2)n1. The molecule has 0 aliphatic carbocycles. The number of nitrogens with one attached hydrogen (secondary N) is 2. The summed E-state index contributed by atoms with van der Waals surface area (Å²) in [5.41, 5.74) is 2.18. The van der Waals surface area contributed by atoms with Crippen molar-refractivity contribution in [2.24, 2.45) is 0 Å². The summed E-state index contributed by atoms with van der Waals surface area (Å²) in [6.45, 7) is 0.541. The van der Waals surface area contributed by atoms with E-state index in [1.807, 2.05) is 36.4 Å². The Labute approximate surface area is 133 Å². The molecule has 2 aromatic heterocycles. The molecule has 0 saturated heterocycles. The van der Waals surface area contributed by atoms with E-state index in [0.29, 0.717) is 29.6 Å². The average molecular weight is 302 g/mol. The van der Waals surface area contributed by atoms with E-state index in [9.17, 15) is 0 Å². The first-order chi connectivity index (χ1) is 11.3. The van der Waals surface area contributed by atoms with Crippen molar-refractivity contribution < 1.29 is 0 Å². The Kier molecular flexibility index (Phi) is 4.41. The topological polar surface area (TPSA) is 86.5 Å². The van der Waals surface area contributed by atoms with Crippen LogP contribution in [0.25, 0.3) is 0 Å². The normalized spacial score (nSPS) is 9.87. The van der Waals surface area contributed by atoms with Gasteiger partial charge in [0.25, 0.3) is 0 Å². The molecular weight excluding hydrogens is 288 g/mol. The molecule has 0 spiro atoms. The molecule has 3 rings (SSSR count). The lowest BCUT2D eigenvalue weighted by Gasteiger charge is -2.09. The van der Waals surface area contributed by atoms with Crippen LogP contribution in [-0.2, 0) is 6.54 Å². The number of pyridine rings is 1. The second kappa shape index (κ2) is 7.00. The Morgan fingerprint density at radius 1 is 0.957 bits per heavy atom. The number of hydrogen-bond donors (Lipinski definition) is 2. The lowest BCUT2D eigenvalue weighted by atomic mass is 10.2. The molecule has 0 aliphatic rings. The summed E-state index contributed by atoms with van der Waals surface area (Å²) in [7, 11) is 0. The van der Waals surface area contributed by atoms with Crippen LogP contribution in [0.3, 0.4) is 0 Å². The number of rotatable bonds is 5. The number of aromatic nitrogens is 3. The minimum atomic E-state index is 0.495. The van der Waals surface area contributed by atoms with Gasteiger partial charge in [-0.1, -0.05) is 18.2 Å². The van der Waals surface area contributed by atoms with Crippen LogP contribution in [-0.4, -0.2) is 15.0 Å². The van der Waals surface area contributed by atoms with Gasteiger partial charge in [-0.05, 0) is 30.3 Å². The molecule has 6 heteroatoms. The molecule has 0 bridgehead atoms. The van der Waals surface area contributed by atoms with Gasteiger partial charge in [-0.3, -0.25) is 4.98 Å². The van der Waals surface area contributed by atoms with E-state index in [4.69, 9.17) is 5.26 Å². The molecule has 112 valence electrons. The quantitative estimate of drug-likeness (QED) is 0.753. The maximum atomic E-state index is 9.12. The van der Waals surface area contributed by atoms with Crippen molar-refractivity contribution in [1.82, 2.24) is 15.0 Å². The van der Waals surface area contributed by atoms with E-state index in [-0.39, 0.29) is 0 Å². The first-order valence-corrected chi connectivity index (χ1v) is 7.08. The zero-order chi connectivity index (χ0) is 15.9. The van der Waals surface area contributed by atoms with Crippen LogP contribution in [0, 0.1) is 11.3 Å². The molecule has 0 aliphatic heterocycles. The Bertz CT molecular complexity index is 826. The molecule has 1 aromatic carbocycles. The van der Waals surface area contributed by atoms with Crippen LogP contribution < -0.4 is 10.6 Å². The molecule has 0 atom stereocenters. The fraction of sp³-hybridized carbons (Fsp3) is 0.0588. The van der Waals surface area contributed by atoms with Gasteiger partial charge in [-0.2, -0.15) is 10.2 Å². The Balaban J connectivity index is 1.71. The monoisotopic (exact) mass is 302 g/mol. The molecule has 3 aromatic rings. The number of para-hydroxylation sites is 1. The van der Waals surface area contributed by atoms with Crippen LogP contribution in [0.1, 0.15) is 11.3 Å². The molecule has 2 heterocycles. The van der Waals surface area contributed by atoms with Gasteiger partial charge >= 0.3 is 0 Å². The first kappa shape index (κ1) is 14.5. The number of hydrogen-bond acceptors (Lipinski definition) is 6. The smallest absolute Gasteiger partial charge is 0.224 e. The van der Waals surface area contributed by atoms with E-state index in [0.717, 1.165) is 5.69 Å². The summed E-state index contributed by atoms with van der Waals surface area (Å²) >= 11 is 0. The fourth-order valence-electron chi connectivity index (χ4n) is 2.01. The highest BCUT2D eigenvalue weighted by Crippen LogP contribution is 2.19. The highest BCUT2D eigenvalue weighted by molar-refractivity contribution is 5.64. The third kappa shape index (κ3) is 3.80. The summed E-state index contributed by atoms with van der Waals surface area (Å²) in [5.74, 6) is 1.11. The molecule has 0 fully saturated rings. The van der Waals surface area contributed by atoms with E-state index in [1.54, 1.807) is 24.5 Å². The van der Waals surface area contributed by atoms with Crippen LogP contribution in [0.15, 0.2) is 60.9 Å². The molecule has 0 unspecified atom stereocenters. The predicted molar refractivity (Wildman–Crippen MR) is 88.0 cm³/mol. The van der Waals surface area contributed by atoms with Crippen molar-refractivity contribution in [2.45, 2.75) is 6.54 Å². The van der Waals surface area contributed by atoms with Gasteiger partial charge in [0, 0.05) is 12.4 Å². The van der Waals surface area contributed by atoms with Crippen molar-refractivity contribution in [1.29, 1.82) is 5.26 Å². The Morgan fingerprint density at radius 2 is 1.83 bits per heavy atom. The minimum Gasteiger partial charge on any atom is -0.349 e. The number of benzene rings is 1. The maximum absolute atomic E-state index is 9.12. The number of nitriles is 1. The summed E-state index contributed by atoms with van der Waals surface area (Å²) < 4.78 is 0. The molecule has 6 nitrogen and oxygen atoms in total. The molecule has 0 radical (unpaired) electrons. The zero-order valence-electron chi connectivity index (χ0n) is 12.3. The maximum Gasteiger partial charge on any atom is 0.224 e. The lowest BCUT2D eigenvalue weighted by Crippen LogP contribution is -2.06.